The normalized spacial score (nSPS) is 19.4. The van der Waals surface area contributed by atoms with Crippen LogP contribution in [0.4, 0.5) is 11.6 Å². The number of hydrogen-bond acceptors (Lipinski definition) is 5. The lowest BCUT2D eigenvalue weighted by molar-refractivity contribution is 0.0209. The zero-order valence-electron chi connectivity index (χ0n) is 10.6. The number of rotatable bonds is 5. The van der Waals surface area contributed by atoms with Crippen LogP contribution in [0.25, 0.3) is 0 Å². The van der Waals surface area contributed by atoms with Crippen LogP contribution >= 0.6 is 0 Å². The number of pyridine rings is 1. The average molecular weight is 263 g/mol. The Morgan fingerprint density at radius 2 is 1.84 bits per heavy atom. The van der Waals surface area contributed by atoms with Gasteiger partial charge in [0.2, 0.25) is 0 Å². The molecule has 0 amide bonds. The van der Waals surface area contributed by atoms with Crippen LogP contribution in [-0.4, -0.2) is 41.4 Å². The van der Waals surface area contributed by atoms with E-state index in [9.17, 15) is 4.79 Å². The third-order valence-corrected chi connectivity index (χ3v) is 3.52. The number of carboxylic acids is 1. The van der Waals surface area contributed by atoms with Crippen molar-refractivity contribution in [1.82, 2.24) is 4.98 Å². The van der Waals surface area contributed by atoms with Gasteiger partial charge in [-0.1, -0.05) is 0 Å². The van der Waals surface area contributed by atoms with Crippen molar-refractivity contribution in [2.75, 3.05) is 23.8 Å². The highest BCUT2D eigenvalue weighted by molar-refractivity contribution is 5.89. The predicted octanol–water partition coefficient (Wildman–Crippen LogP) is 1.55. The maximum atomic E-state index is 11.1. The van der Waals surface area contributed by atoms with Crippen molar-refractivity contribution < 1.29 is 14.6 Å². The van der Waals surface area contributed by atoms with E-state index in [1.54, 1.807) is 12.1 Å². The molecule has 102 valence electrons. The van der Waals surface area contributed by atoms with E-state index >= 15 is 0 Å². The van der Waals surface area contributed by atoms with Crippen LogP contribution in [0, 0.1) is 0 Å². The monoisotopic (exact) mass is 263 g/mol. The van der Waals surface area contributed by atoms with E-state index in [2.05, 4.69) is 15.6 Å². The Hall–Kier alpha value is -1.82. The SMILES string of the molecule is O=C(O)c1cc(NC2CCC2)nc(NC2COC2)c1. The number of aromatic nitrogens is 1. The number of aromatic carboxylic acids is 1. The van der Waals surface area contributed by atoms with Gasteiger partial charge in [-0.3, -0.25) is 0 Å². The van der Waals surface area contributed by atoms with Crippen molar-refractivity contribution in [3.05, 3.63) is 17.7 Å². The van der Waals surface area contributed by atoms with Crippen LogP contribution in [0.3, 0.4) is 0 Å². The second-order valence-corrected chi connectivity index (χ2v) is 5.08. The zero-order valence-corrected chi connectivity index (χ0v) is 10.6. The maximum Gasteiger partial charge on any atom is 0.335 e. The molecule has 6 nitrogen and oxygen atoms in total. The summed E-state index contributed by atoms with van der Waals surface area (Å²) in [5.74, 6) is 0.286. The molecule has 0 aromatic carbocycles. The third kappa shape index (κ3) is 2.78. The van der Waals surface area contributed by atoms with Gasteiger partial charge in [0.15, 0.2) is 0 Å². The molecule has 0 radical (unpaired) electrons. The fraction of sp³-hybridized carbons (Fsp3) is 0.538. The summed E-state index contributed by atoms with van der Waals surface area (Å²) in [6.07, 6.45) is 3.47. The minimum Gasteiger partial charge on any atom is -0.478 e. The molecule has 19 heavy (non-hydrogen) atoms. The minimum atomic E-state index is -0.938. The molecule has 1 saturated carbocycles. The number of anilines is 2. The van der Waals surface area contributed by atoms with Gasteiger partial charge in [0.25, 0.3) is 0 Å². The van der Waals surface area contributed by atoms with Crippen molar-refractivity contribution in [2.45, 2.75) is 31.3 Å². The first-order valence-electron chi connectivity index (χ1n) is 6.57. The Morgan fingerprint density at radius 3 is 2.26 bits per heavy atom. The fourth-order valence-corrected chi connectivity index (χ4v) is 2.09. The number of ether oxygens (including phenoxy) is 1. The number of hydrogen-bond donors (Lipinski definition) is 3. The summed E-state index contributed by atoms with van der Waals surface area (Å²) >= 11 is 0. The van der Waals surface area contributed by atoms with E-state index in [1.807, 2.05) is 0 Å². The van der Waals surface area contributed by atoms with E-state index in [1.165, 1.54) is 6.42 Å². The summed E-state index contributed by atoms with van der Waals surface area (Å²) in [5, 5.41) is 15.6. The Bertz CT molecular complexity index is 450. The van der Waals surface area contributed by atoms with Gasteiger partial charge in [0.05, 0.1) is 24.8 Å². The molecule has 0 unspecified atom stereocenters. The van der Waals surface area contributed by atoms with E-state index < -0.39 is 5.97 Å². The highest BCUT2D eigenvalue weighted by Crippen LogP contribution is 2.24. The first-order chi connectivity index (χ1) is 9.20. The summed E-state index contributed by atoms with van der Waals surface area (Å²) in [6.45, 7) is 1.29. The molecule has 3 rings (SSSR count). The Morgan fingerprint density at radius 1 is 1.21 bits per heavy atom. The van der Waals surface area contributed by atoms with Crippen molar-refractivity contribution in [1.29, 1.82) is 0 Å². The first kappa shape index (κ1) is 12.2. The summed E-state index contributed by atoms with van der Waals surface area (Å²) in [7, 11) is 0. The van der Waals surface area contributed by atoms with Gasteiger partial charge in [-0.2, -0.15) is 0 Å². The van der Waals surface area contributed by atoms with Gasteiger partial charge in [-0.05, 0) is 31.4 Å². The molecule has 6 heteroatoms. The van der Waals surface area contributed by atoms with E-state index in [4.69, 9.17) is 9.84 Å². The quantitative estimate of drug-likeness (QED) is 0.747. The summed E-state index contributed by atoms with van der Waals surface area (Å²) in [6, 6.07) is 3.81. The molecular weight excluding hydrogens is 246 g/mol. The van der Waals surface area contributed by atoms with Crippen LogP contribution in [-0.2, 0) is 4.74 Å². The van der Waals surface area contributed by atoms with Gasteiger partial charge >= 0.3 is 5.97 Å². The van der Waals surface area contributed by atoms with Crippen LogP contribution in [0.1, 0.15) is 29.6 Å². The molecule has 2 heterocycles. The topological polar surface area (TPSA) is 83.5 Å². The Kier molecular flexibility index (Phi) is 3.25. The molecule has 1 saturated heterocycles. The average Bonchev–Trinajstić information content (AvgIpc) is 2.28. The lowest BCUT2D eigenvalue weighted by atomic mass is 9.93. The van der Waals surface area contributed by atoms with Crippen molar-refractivity contribution in [3.8, 4) is 0 Å². The zero-order chi connectivity index (χ0) is 13.2. The largest absolute Gasteiger partial charge is 0.478 e. The van der Waals surface area contributed by atoms with E-state index in [-0.39, 0.29) is 11.6 Å². The second kappa shape index (κ2) is 5.05. The molecular formula is C13H17N3O3. The molecule has 2 aliphatic rings. The molecule has 0 bridgehead atoms. The lowest BCUT2D eigenvalue weighted by Gasteiger charge is -2.29. The molecule has 1 aliphatic heterocycles. The number of carbonyl (C=O) groups is 1. The van der Waals surface area contributed by atoms with Crippen LogP contribution < -0.4 is 10.6 Å². The third-order valence-electron chi connectivity index (χ3n) is 3.52. The fourth-order valence-electron chi connectivity index (χ4n) is 2.09. The molecule has 2 fully saturated rings. The number of nitrogens with one attached hydrogen (secondary N) is 2. The minimum absolute atomic E-state index is 0.230. The molecule has 3 N–H and O–H groups in total. The van der Waals surface area contributed by atoms with Gasteiger partial charge in [0, 0.05) is 6.04 Å². The van der Waals surface area contributed by atoms with E-state index in [0.29, 0.717) is 30.9 Å². The smallest absolute Gasteiger partial charge is 0.335 e. The van der Waals surface area contributed by atoms with Crippen molar-refractivity contribution in [3.63, 3.8) is 0 Å². The van der Waals surface area contributed by atoms with Crippen molar-refractivity contribution >= 4 is 17.6 Å². The highest BCUT2D eigenvalue weighted by Gasteiger charge is 2.21. The second-order valence-electron chi connectivity index (χ2n) is 5.08. The number of nitrogens with zero attached hydrogens (tertiary/aromatic N) is 1. The van der Waals surface area contributed by atoms with Gasteiger partial charge < -0.3 is 20.5 Å². The number of carboxylic acid groups (broad SMARTS) is 1. The molecule has 1 aromatic rings. The summed E-state index contributed by atoms with van der Waals surface area (Å²) in [5.41, 5.74) is 0.250. The maximum absolute atomic E-state index is 11.1. The summed E-state index contributed by atoms with van der Waals surface area (Å²) in [4.78, 5) is 15.6. The van der Waals surface area contributed by atoms with Crippen LogP contribution in [0.15, 0.2) is 12.1 Å². The predicted molar refractivity (Wildman–Crippen MR) is 70.7 cm³/mol. The highest BCUT2D eigenvalue weighted by atomic mass is 16.5. The molecule has 1 aromatic heterocycles. The molecule has 1 aliphatic carbocycles. The van der Waals surface area contributed by atoms with Crippen LogP contribution in [0.5, 0.6) is 0 Å². The van der Waals surface area contributed by atoms with Gasteiger partial charge in [-0.25, -0.2) is 9.78 Å². The Balaban J connectivity index is 1.78. The van der Waals surface area contributed by atoms with Gasteiger partial charge in [-0.15, -0.1) is 0 Å². The first-order valence-corrected chi connectivity index (χ1v) is 6.57. The molecule has 0 atom stereocenters. The van der Waals surface area contributed by atoms with E-state index in [0.717, 1.165) is 12.8 Å². The van der Waals surface area contributed by atoms with Gasteiger partial charge in [0.1, 0.15) is 11.6 Å². The Labute approximate surface area is 111 Å². The van der Waals surface area contributed by atoms with Crippen LogP contribution in [0.2, 0.25) is 0 Å². The summed E-state index contributed by atoms with van der Waals surface area (Å²) < 4.78 is 5.08. The standard InChI is InChI=1S/C13H17N3O3/c17-13(18)8-4-11(14-9-2-1-3-9)16-12(5-8)15-10-6-19-7-10/h4-5,9-10H,1-3,6-7H2,(H,17,18)(H2,14,15,16). The lowest BCUT2D eigenvalue weighted by Crippen LogP contribution is -2.40. The molecule has 0 spiro atoms. The van der Waals surface area contributed by atoms with Crippen molar-refractivity contribution in [2.24, 2.45) is 0 Å².